The summed E-state index contributed by atoms with van der Waals surface area (Å²) >= 11 is 0. The molecule has 3 fully saturated rings. The average molecular weight is 830 g/mol. The molecule has 0 unspecified atom stereocenters. The van der Waals surface area contributed by atoms with Gasteiger partial charge in [-0.05, 0) is 107 Å². The van der Waals surface area contributed by atoms with Crippen molar-refractivity contribution in [2.24, 2.45) is 29.1 Å². The number of benzene rings is 1. The van der Waals surface area contributed by atoms with Crippen molar-refractivity contribution in [2.45, 2.75) is 135 Å². The van der Waals surface area contributed by atoms with E-state index in [-0.39, 0.29) is 49.4 Å². The third-order valence-electron chi connectivity index (χ3n) is 12.6. The number of hydrogen-bond acceptors (Lipinski definition) is 10. The molecule has 0 radical (unpaired) electrons. The largest absolute Gasteiger partial charge is 0.494 e. The van der Waals surface area contributed by atoms with Crippen LogP contribution < -0.4 is 14.2 Å². The summed E-state index contributed by atoms with van der Waals surface area (Å²) in [5.74, 6) is -6.70. The van der Waals surface area contributed by atoms with Gasteiger partial charge in [-0.1, -0.05) is 32.4 Å². The van der Waals surface area contributed by atoms with Gasteiger partial charge in [-0.25, -0.2) is 22.2 Å². The number of ether oxygens (including phenoxy) is 3. The van der Waals surface area contributed by atoms with E-state index in [9.17, 15) is 31.6 Å². The Hall–Kier alpha value is -4.14. The topological polar surface area (TPSA) is 158 Å². The average Bonchev–Trinajstić information content (AvgIpc) is 4.07. The maximum absolute atomic E-state index is 15.0. The minimum Gasteiger partial charge on any atom is -0.494 e. The minimum absolute atomic E-state index is 0.0394. The Morgan fingerprint density at radius 3 is 2.48 bits per heavy atom. The zero-order chi connectivity index (χ0) is 42.2. The lowest BCUT2D eigenvalue weighted by molar-refractivity contribution is -0.197. The molecule has 2 aliphatic carbocycles. The van der Waals surface area contributed by atoms with E-state index >= 15 is 4.79 Å². The Morgan fingerprint density at radius 1 is 1.07 bits per heavy atom. The van der Waals surface area contributed by atoms with Crippen molar-refractivity contribution >= 4 is 44.4 Å². The van der Waals surface area contributed by atoms with Gasteiger partial charge in [0.25, 0.3) is 5.92 Å². The van der Waals surface area contributed by atoms with Gasteiger partial charge < -0.3 is 19.1 Å². The van der Waals surface area contributed by atoms with Gasteiger partial charge in [-0.3, -0.25) is 23.9 Å². The fourth-order valence-electron chi connectivity index (χ4n) is 8.48. The Kier molecular flexibility index (Phi) is 12.6. The molecule has 2 aromatic rings. The van der Waals surface area contributed by atoms with Crippen LogP contribution >= 0.6 is 0 Å². The van der Waals surface area contributed by atoms with Crippen molar-refractivity contribution in [1.82, 2.24) is 14.6 Å². The van der Waals surface area contributed by atoms with Crippen LogP contribution in [-0.2, 0) is 33.9 Å². The van der Waals surface area contributed by atoms with Crippen LogP contribution in [0.4, 0.5) is 8.78 Å². The first-order valence-corrected chi connectivity index (χ1v) is 22.2. The highest BCUT2D eigenvalue weighted by Gasteiger charge is 2.62. The lowest BCUT2D eigenvalue weighted by Crippen LogP contribution is -2.48. The number of carbonyl (C=O) groups excluding carboxylic acids is 4. The van der Waals surface area contributed by atoms with Crippen molar-refractivity contribution < 1.29 is 50.6 Å². The van der Waals surface area contributed by atoms with E-state index in [0.717, 1.165) is 25.7 Å². The molecule has 2 amide bonds. The molecule has 1 aromatic carbocycles. The smallest absolute Gasteiger partial charge is 0.307 e. The summed E-state index contributed by atoms with van der Waals surface area (Å²) in [5, 5.41) is 0.847. The third-order valence-corrected chi connectivity index (χ3v) is 14.4. The number of rotatable bonds is 12. The number of sulfonamides is 1. The molecule has 1 aromatic heterocycles. The van der Waals surface area contributed by atoms with Crippen LogP contribution in [0.2, 0.25) is 0 Å². The number of amides is 2. The highest BCUT2D eigenvalue weighted by Crippen LogP contribution is 2.57. The number of allylic oxidation sites excluding steroid dienone is 2. The monoisotopic (exact) mass is 829 g/mol. The molecule has 0 spiro atoms. The summed E-state index contributed by atoms with van der Waals surface area (Å²) in [6.07, 6.45) is 7.56. The molecule has 3 heterocycles. The molecule has 0 bridgehead atoms. The summed E-state index contributed by atoms with van der Waals surface area (Å²) in [7, 11) is -3.91. The molecular weight excluding hydrogens is 773 g/mol. The second-order valence-corrected chi connectivity index (χ2v) is 19.4. The third kappa shape index (κ3) is 9.50. The normalized spacial score (nSPS) is 29.1. The van der Waals surface area contributed by atoms with Crippen molar-refractivity contribution in [1.29, 1.82) is 0 Å². The van der Waals surface area contributed by atoms with Gasteiger partial charge in [0, 0.05) is 31.3 Å². The standard InChI is InChI=1S/C43H57F2N3O9S/c1-7-27-19-26(3)11-9-10-12-29-23-43(29,40(52)47-58(53,54)32-14-15-32)24-36(49)35-21-31(56-38-33-16-13-30(55-8-2)20-28(33)17-18-46-38)25-48(35)39(51)34(27)22-37(50)57-41(4,5)42(6,44)45/h10,12-13,16-18,20,26-27,29,31-32,34-35H,7-9,11,14-15,19,21-25H2,1-6H3,(H,47,52)/b12-10-/t26-,27-,29-,31-,34+,35+,43-/m1/s1. The van der Waals surface area contributed by atoms with E-state index in [1.807, 2.05) is 51.1 Å². The fourth-order valence-corrected chi connectivity index (χ4v) is 9.86. The summed E-state index contributed by atoms with van der Waals surface area (Å²) in [5.41, 5.74) is -3.46. The van der Waals surface area contributed by atoms with E-state index in [1.165, 1.54) is 4.90 Å². The van der Waals surface area contributed by atoms with Crippen molar-refractivity contribution in [3.05, 3.63) is 42.6 Å². The van der Waals surface area contributed by atoms with E-state index in [2.05, 4.69) is 9.71 Å². The number of fused-ring (bicyclic) bond motifs is 3. The number of esters is 1. The van der Waals surface area contributed by atoms with E-state index in [0.29, 0.717) is 56.8 Å². The number of carbonyl (C=O) groups is 4. The van der Waals surface area contributed by atoms with E-state index in [1.54, 1.807) is 12.3 Å². The second-order valence-electron chi connectivity index (χ2n) is 17.4. The zero-order valence-corrected chi connectivity index (χ0v) is 35.1. The van der Waals surface area contributed by atoms with Gasteiger partial charge in [-0.15, -0.1) is 0 Å². The van der Waals surface area contributed by atoms with E-state index in [4.69, 9.17) is 14.2 Å². The summed E-state index contributed by atoms with van der Waals surface area (Å²) < 4.78 is 74.6. The molecule has 2 saturated carbocycles. The number of alkyl halides is 2. The van der Waals surface area contributed by atoms with Gasteiger partial charge in [0.1, 0.15) is 11.9 Å². The number of hydrogen-bond donors (Lipinski definition) is 1. The Bertz CT molecular complexity index is 2030. The fraction of sp³-hybridized carbons (Fsp3) is 0.651. The zero-order valence-electron chi connectivity index (χ0n) is 34.3. The number of ketones is 1. The van der Waals surface area contributed by atoms with Crippen LogP contribution in [-0.4, -0.2) is 83.9 Å². The molecule has 1 N–H and O–H groups in total. The number of aromatic nitrogens is 1. The van der Waals surface area contributed by atoms with Gasteiger partial charge in [0.05, 0.1) is 42.2 Å². The first kappa shape index (κ1) is 43.4. The van der Waals surface area contributed by atoms with Crippen LogP contribution in [0.1, 0.15) is 106 Å². The summed E-state index contributed by atoms with van der Waals surface area (Å²) in [4.78, 5) is 63.0. The lowest BCUT2D eigenvalue weighted by atomic mass is 9.79. The molecule has 1 saturated heterocycles. The van der Waals surface area contributed by atoms with Crippen molar-refractivity contribution in [3.63, 3.8) is 0 Å². The Balaban J connectivity index is 1.36. The Morgan fingerprint density at radius 2 is 1.81 bits per heavy atom. The van der Waals surface area contributed by atoms with Gasteiger partial charge in [-0.2, -0.15) is 0 Å². The minimum atomic E-state index is -3.91. The predicted octanol–water partition coefficient (Wildman–Crippen LogP) is 6.94. The van der Waals surface area contributed by atoms with Gasteiger partial charge >= 0.3 is 5.97 Å². The Labute approximate surface area is 339 Å². The number of nitrogens with one attached hydrogen (secondary N) is 1. The van der Waals surface area contributed by atoms with Crippen LogP contribution in [0.15, 0.2) is 42.6 Å². The number of halogens is 2. The molecule has 15 heteroatoms. The quantitative estimate of drug-likeness (QED) is 0.176. The summed E-state index contributed by atoms with van der Waals surface area (Å²) in [6, 6.07) is 6.20. The van der Waals surface area contributed by atoms with Crippen LogP contribution in [0.5, 0.6) is 11.6 Å². The van der Waals surface area contributed by atoms with E-state index < -0.39 is 80.3 Å². The maximum atomic E-state index is 15.0. The molecule has 6 rings (SSSR count). The van der Waals surface area contributed by atoms with Crippen LogP contribution in [0, 0.1) is 29.1 Å². The second kappa shape index (κ2) is 16.8. The number of Topliss-reactive ketones (excluding diaryl/α,β-unsaturated/α-hetero) is 1. The summed E-state index contributed by atoms with van der Waals surface area (Å²) in [6.45, 7) is 9.19. The molecule has 7 atom stereocenters. The molecule has 2 aliphatic heterocycles. The molecular formula is C43H57F2N3O9S. The van der Waals surface area contributed by atoms with Crippen LogP contribution in [0.3, 0.4) is 0 Å². The van der Waals surface area contributed by atoms with Crippen molar-refractivity contribution in [2.75, 3.05) is 13.2 Å². The van der Waals surface area contributed by atoms with Crippen LogP contribution in [0.25, 0.3) is 10.8 Å². The molecule has 58 heavy (non-hydrogen) atoms. The molecule has 318 valence electrons. The van der Waals surface area contributed by atoms with Gasteiger partial charge in [0.15, 0.2) is 11.4 Å². The number of nitrogens with zero attached hydrogens (tertiary/aromatic N) is 2. The van der Waals surface area contributed by atoms with Gasteiger partial charge in [0.2, 0.25) is 27.7 Å². The molecule has 4 aliphatic rings. The SMILES string of the molecule is CCOc1ccc2c(O[C@@H]3C[C@H]4C(=O)C[C@]5(C(=O)NS(=O)(=O)C6CC6)C[C@H]5/C=C\CC[C@@H](C)C[C@@H](CC)[C@H](CC(=O)OC(C)(C)C(C)(F)F)C(=O)N4C3)nccc2c1. The lowest BCUT2D eigenvalue weighted by Gasteiger charge is -2.35. The maximum Gasteiger partial charge on any atom is 0.307 e. The molecule has 12 nitrogen and oxygen atoms in total. The van der Waals surface area contributed by atoms with Crippen molar-refractivity contribution in [3.8, 4) is 11.6 Å². The number of pyridine rings is 1. The highest BCUT2D eigenvalue weighted by molar-refractivity contribution is 7.90. The first-order chi connectivity index (χ1) is 27.3. The first-order valence-electron chi connectivity index (χ1n) is 20.6. The highest BCUT2D eigenvalue weighted by atomic mass is 32.2. The predicted molar refractivity (Wildman–Crippen MR) is 213 cm³/mol.